The van der Waals surface area contributed by atoms with Gasteiger partial charge in [0.25, 0.3) is 0 Å². The normalized spacial score (nSPS) is 9.62. The first-order valence-electron chi connectivity index (χ1n) is 5.06. The van der Waals surface area contributed by atoms with Crippen molar-refractivity contribution in [1.29, 1.82) is 0 Å². The number of hydrogen-bond acceptors (Lipinski definition) is 1. The Morgan fingerprint density at radius 2 is 1.06 bits per heavy atom. The van der Waals surface area contributed by atoms with Gasteiger partial charge in [-0.2, -0.15) is 9.90 Å². The molecule has 0 bridgehead atoms. The summed E-state index contributed by atoms with van der Waals surface area (Å²) in [5.41, 5.74) is 2.68. The van der Waals surface area contributed by atoms with E-state index in [-0.39, 0.29) is 9.90 Å². The molecule has 84 valence electrons. The van der Waals surface area contributed by atoms with Gasteiger partial charge in [0.05, 0.1) is 0 Å². The van der Waals surface area contributed by atoms with Gasteiger partial charge in [0.1, 0.15) is 0 Å². The van der Waals surface area contributed by atoms with Crippen molar-refractivity contribution < 1.29 is 0 Å². The van der Waals surface area contributed by atoms with E-state index < -0.39 is 0 Å². The van der Waals surface area contributed by atoms with Gasteiger partial charge >= 0.3 is 0 Å². The highest BCUT2D eigenvalue weighted by Crippen LogP contribution is 2.31. The average molecular weight is 248 g/mol. The molecule has 0 saturated heterocycles. The van der Waals surface area contributed by atoms with Crippen molar-refractivity contribution in [3.05, 3.63) is 59.7 Å². The number of aryl methyl sites for hydroxylation is 2. The molecule has 0 N–H and O–H groups in total. The van der Waals surface area contributed by atoms with Crippen molar-refractivity contribution >= 4 is 21.7 Å². The summed E-state index contributed by atoms with van der Waals surface area (Å²) in [6, 6.07) is 17.0. The monoisotopic (exact) mass is 248 g/mol. The molecular weight excluding hydrogens is 231 g/mol. The van der Waals surface area contributed by atoms with Crippen LogP contribution in [0.2, 0.25) is 0 Å². The third-order valence-electron chi connectivity index (χ3n) is 2.41. The van der Waals surface area contributed by atoms with E-state index in [0.717, 1.165) is 0 Å². The molecule has 16 heavy (non-hydrogen) atoms. The van der Waals surface area contributed by atoms with Crippen molar-refractivity contribution in [1.82, 2.24) is 0 Å². The summed E-state index contributed by atoms with van der Waals surface area (Å²) in [6.07, 6.45) is 0. The van der Waals surface area contributed by atoms with Crippen molar-refractivity contribution in [3.8, 4) is 0 Å². The van der Waals surface area contributed by atoms with Crippen LogP contribution in [0.1, 0.15) is 11.1 Å². The van der Waals surface area contributed by atoms with Crippen LogP contribution in [-0.4, -0.2) is 0 Å². The fourth-order valence-electron chi connectivity index (χ4n) is 1.46. The molecule has 2 aromatic rings. The van der Waals surface area contributed by atoms with E-state index in [0.29, 0.717) is 0 Å². The van der Waals surface area contributed by atoms with E-state index in [1.54, 1.807) is 0 Å². The van der Waals surface area contributed by atoms with E-state index in [9.17, 15) is 0 Å². The Morgan fingerprint density at radius 3 is 1.44 bits per heavy atom. The summed E-state index contributed by atoms with van der Waals surface area (Å²) < 4.78 is 0. The fourth-order valence-corrected chi connectivity index (χ4v) is 2.45. The molecule has 0 amide bonds. The second-order valence-electron chi connectivity index (χ2n) is 3.63. The summed E-state index contributed by atoms with van der Waals surface area (Å²) >= 11 is 1.84. The molecule has 0 aromatic heterocycles. The van der Waals surface area contributed by atoms with Crippen LogP contribution in [0.15, 0.2) is 58.3 Å². The highest BCUT2D eigenvalue weighted by Gasteiger charge is 2.01. The minimum atomic E-state index is 0. The second-order valence-corrected chi connectivity index (χ2v) is 4.72. The smallest absolute Gasteiger partial charge is 0.0151 e. The van der Waals surface area contributed by atoms with E-state index in [1.165, 1.54) is 20.9 Å². The van der Waals surface area contributed by atoms with Gasteiger partial charge in [-0.1, -0.05) is 48.2 Å². The first-order chi connectivity index (χ1) is 7.27. The Balaban J connectivity index is 0.00000128. The maximum Gasteiger partial charge on any atom is 0.0151 e. The Morgan fingerprint density at radius 1 is 0.688 bits per heavy atom. The highest BCUT2D eigenvalue weighted by molar-refractivity contribution is 7.99. The van der Waals surface area contributed by atoms with Crippen LogP contribution in [-0.2, 0) is 0 Å². The third kappa shape index (κ3) is 3.10. The van der Waals surface area contributed by atoms with E-state index >= 15 is 0 Å². The predicted octanol–water partition coefficient (Wildman–Crippen LogP) is 4.51. The summed E-state index contributed by atoms with van der Waals surface area (Å²) in [7, 11) is 0. The second kappa shape index (κ2) is 6.08. The molecule has 0 aliphatic rings. The summed E-state index contributed by atoms with van der Waals surface area (Å²) in [6.45, 7) is 4.31. The zero-order valence-corrected chi connectivity index (χ0v) is 12.0. The van der Waals surface area contributed by atoms with Gasteiger partial charge in [-0.05, 0) is 37.1 Å². The molecule has 0 spiro atoms. The summed E-state index contributed by atoms with van der Waals surface area (Å²) in [5, 5.41) is 0. The molecule has 2 aromatic carbocycles. The quantitative estimate of drug-likeness (QED) is 0.704. The van der Waals surface area contributed by atoms with Gasteiger partial charge in [0.2, 0.25) is 0 Å². The summed E-state index contributed by atoms with van der Waals surface area (Å²) in [5.74, 6) is 0. The molecule has 0 saturated carbocycles. The zero-order valence-electron chi connectivity index (χ0n) is 9.73. The van der Waals surface area contributed by atoms with Crippen molar-refractivity contribution in [2.75, 3.05) is 0 Å². The van der Waals surface area contributed by atoms with Crippen LogP contribution >= 0.6 is 21.7 Å². The molecule has 0 heterocycles. The van der Waals surface area contributed by atoms with Crippen molar-refractivity contribution in [2.45, 2.75) is 23.6 Å². The molecule has 1 unspecified atom stereocenters. The Labute approximate surface area is 105 Å². The molecule has 0 aliphatic heterocycles. The van der Waals surface area contributed by atoms with Crippen LogP contribution in [0.3, 0.4) is 0 Å². The molecular formula is C14H17PS. The maximum atomic E-state index is 2.17. The van der Waals surface area contributed by atoms with Crippen LogP contribution in [0.5, 0.6) is 0 Å². The SMILES string of the molecule is Cc1ccccc1Sc1ccccc1C.P. The van der Waals surface area contributed by atoms with Gasteiger partial charge in [0, 0.05) is 9.79 Å². The largest absolute Gasteiger partial charge is 0.153 e. The van der Waals surface area contributed by atoms with Gasteiger partial charge in [-0.15, -0.1) is 0 Å². The van der Waals surface area contributed by atoms with Crippen LogP contribution < -0.4 is 0 Å². The van der Waals surface area contributed by atoms with E-state index in [2.05, 4.69) is 62.4 Å². The summed E-state index contributed by atoms with van der Waals surface area (Å²) in [4.78, 5) is 2.68. The molecule has 0 fully saturated rings. The van der Waals surface area contributed by atoms with Crippen molar-refractivity contribution in [2.24, 2.45) is 0 Å². The molecule has 0 radical (unpaired) electrons. The first kappa shape index (κ1) is 13.3. The zero-order chi connectivity index (χ0) is 10.7. The van der Waals surface area contributed by atoms with Gasteiger partial charge in [0.15, 0.2) is 0 Å². The number of benzene rings is 2. The highest BCUT2D eigenvalue weighted by atomic mass is 32.2. The van der Waals surface area contributed by atoms with Gasteiger partial charge in [-0.25, -0.2) is 0 Å². The predicted molar refractivity (Wildman–Crippen MR) is 77.6 cm³/mol. The lowest BCUT2D eigenvalue weighted by atomic mass is 10.2. The molecule has 1 atom stereocenters. The van der Waals surface area contributed by atoms with Gasteiger partial charge < -0.3 is 0 Å². The van der Waals surface area contributed by atoms with Crippen LogP contribution in [0.4, 0.5) is 0 Å². The Kier molecular flexibility index (Phi) is 5.05. The fraction of sp³-hybridized carbons (Fsp3) is 0.143. The third-order valence-corrected chi connectivity index (χ3v) is 3.76. The minimum Gasteiger partial charge on any atom is -0.153 e. The van der Waals surface area contributed by atoms with Crippen LogP contribution in [0.25, 0.3) is 0 Å². The Bertz CT molecular complexity index is 422. The lowest BCUT2D eigenvalue weighted by Gasteiger charge is -2.07. The van der Waals surface area contributed by atoms with E-state index in [4.69, 9.17) is 0 Å². The van der Waals surface area contributed by atoms with Gasteiger partial charge in [-0.3, -0.25) is 0 Å². The first-order valence-corrected chi connectivity index (χ1v) is 5.88. The lowest BCUT2D eigenvalue weighted by Crippen LogP contribution is -1.81. The maximum absolute atomic E-state index is 2.17. The molecule has 2 heteroatoms. The lowest BCUT2D eigenvalue weighted by molar-refractivity contribution is 1.26. The molecule has 2 rings (SSSR count). The molecule has 0 nitrogen and oxygen atoms in total. The average Bonchev–Trinajstić information content (AvgIpc) is 2.24. The van der Waals surface area contributed by atoms with E-state index in [1.807, 2.05) is 11.8 Å². The van der Waals surface area contributed by atoms with Crippen molar-refractivity contribution in [3.63, 3.8) is 0 Å². The number of hydrogen-bond donors (Lipinski definition) is 0. The minimum absolute atomic E-state index is 0. The standard InChI is InChI=1S/C14H14S.H3P/c1-11-7-3-5-9-13(11)15-14-10-6-4-8-12(14)2;/h3-10H,1-2H3;1H3. The topological polar surface area (TPSA) is 0 Å². The Hall–Kier alpha value is -0.780. The molecule has 0 aliphatic carbocycles. The van der Waals surface area contributed by atoms with Crippen LogP contribution in [0, 0.1) is 13.8 Å². The number of rotatable bonds is 2.